The van der Waals surface area contributed by atoms with Crippen LogP contribution < -0.4 is 10.6 Å². The minimum Gasteiger partial charge on any atom is -0.356 e. The molecule has 2 saturated heterocycles. The summed E-state index contributed by atoms with van der Waals surface area (Å²) in [5.41, 5.74) is 0. The van der Waals surface area contributed by atoms with Gasteiger partial charge in [-0.05, 0) is 51.7 Å². The maximum atomic E-state index is 11.9. The van der Waals surface area contributed by atoms with Crippen LogP contribution in [-0.4, -0.2) is 49.6 Å². The number of nitrogens with one attached hydrogen (secondary N) is 2. The number of rotatable bonds is 6. The van der Waals surface area contributed by atoms with Crippen molar-refractivity contribution in [3.8, 4) is 0 Å². The van der Waals surface area contributed by atoms with Crippen molar-refractivity contribution >= 4 is 30.7 Å². The molecule has 0 aromatic rings. The van der Waals surface area contributed by atoms with Crippen molar-refractivity contribution in [1.29, 1.82) is 0 Å². The molecule has 0 radical (unpaired) electrons. The van der Waals surface area contributed by atoms with Crippen molar-refractivity contribution in [3.63, 3.8) is 0 Å². The predicted molar refractivity (Wildman–Crippen MR) is 92.5 cm³/mol. The van der Waals surface area contributed by atoms with E-state index in [2.05, 4.69) is 22.5 Å². The van der Waals surface area contributed by atoms with Crippen LogP contribution in [0.15, 0.2) is 0 Å². The number of halogens is 2. The second-order valence-corrected chi connectivity index (χ2v) is 6.23. The molecule has 2 fully saturated rings. The van der Waals surface area contributed by atoms with Gasteiger partial charge in [-0.25, -0.2) is 0 Å². The lowest BCUT2D eigenvalue weighted by Crippen LogP contribution is -2.49. The number of carbonyl (C=O) groups is 1. The molecule has 1 amide bonds. The third-order valence-electron chi connectivity index (χ3n) is 4.80. The molecular weight excluding hydrogens is 309 g/mol. The van der Waals surface area contributed by atoms with Gasteiger partial charge in [0.05, 0.1) is 0 Å². The van der Waals surface area contributed by atoms with E-state index in [1.54, 1.807) is 0 Å². The Morgan fingerprint density at radius 2 is 2.05 bits per heavy atom. The molecule has 2 rings (SSSR count). The van der Waals surface area contributed by atoms with Gasteiger partial charge in [0.25, 0.3) is 0 Å². The molecule has 2 aliphatic heterocycles. The summed E-state index contributed by atoms with van der Waals surface area (Å²) >= 11 is 0. The Hall–Kier alpha value is -0.0300. The molecule has 0 aliphatic carbocycles. The number of nitrogens with zero attached hydrogens (tertiary/aromatic N) is 1. The summed E-state index contributed by atoms with van der Waals surface area (Å²) in [7, 11) is 0. The average molecular weight is 340 g/mol. The molecule has 0 saturated carbocycles. The first kappa shape index (κ1) is 21.0. The molecule has 4 nitrogen and oxygen atoms in total. The minimum absolute atomic E-state index is 0. The number of amides is 1. The Kier molecular flexibility index (Phi) is 10.6. The molecule has 21 heavy (non-hydrogen) atoms. The zero-order chi connectivity index (χ0) is 13.7. The third-order valence-corrected chi connectivity index (χ3v) is 4.80. The second-order valence-electron chi connectivity index (χ2n) is 6.23. The lowest BCUT2D eigenvalue weighted by Gasteiger charge is -2.33. The Bertz CT molecular complexity index is 301. The SMILES string of the molecule is CC(C(=O)NCCCN1CCCCC1C)C1CNC1.Cl.Cl. The smallest absolute Gasteiger partial charge is 0.223 e. The van der Waals surface area contributed by atoms with Crippen LogP contribution in [0.1, 0.15) is 39.5 Å². The first-order valence-corrected chi connectivity index (χ1v) is 7.91. The molecule has 6 heteroatoms. The lowest BCUT2D eigenvalue weighted by atomic mass is 9.88. The molecule has 0 aromatic heterocycles. The Balaban J connectivity index is 0.00000200. The molecule has 2 N–H and O–H groups in total. The van der Waals surface area contributed by atoms with Gasteiger partial charge in [0.15, 0.2) is 0 Å². The van der Waals surface area contributed by atoms with Crippen LogP contribution in [-0.2, 0) is 4.79 Å². The van der Waals surface area contributed by atoms with Gasteiger partial charge in [-0.1, -0.05) is 13.3 Å². The van der Waals surface area contributed by atoms with Crippen LogP contribution >= 0.6 is 24.8 Å². The van der Waals surface area contributed by atoms with E-state index in [-0.39, 0.29) is 36.6 Å². The van der Waals surface area contributed by atoms with Gasteiger partial charge >= 0.3 is 0 Å². The van der Waals surface area contributed by atoms with E-state index >= 15 is 0 Å². The number of carbonyl (C=O) groups excluding carboxylic acids is 1. The van der Waals surface area contributed by atoms with Gasteiger partial charge in [-0.3, -0.25) is 4.79 Å². The quantitative estimate of drug-likeness (QED) is 0.728. The highest BCUT2D eigenvalue weighted by Crippen LogP contribution is 2.17. The third kappa shape index (κ3) is 6.31. The first-order chi connectivity index (χ1) is 9.18. The Labute approximate surface area is 141 Å². The fraction of sp³-hybridized carbons (Fsp3) is 0.933. The second kappa shape index (κ2) is 10.7. The van der Waals surface area contributed by atoms with Gasteiger partial charge in [0.1, 0.15) is 0 Å². The summed E-state index contributed by atoms with van der Waals surface area (Å²) in [4.78, 5) is 14.5. The van der Waals surface area contributed by atoms with Crippen molar-refractivity contribution in [1.82, 2.24) is 15.5 Å². The van der Waals surface area contributed by atoms with Gasteiger partial charge in [0.2, 0.25) is 5.91 Å². The molecule has 2 unspecified atom stereocenters. The zero-order valence-electron chi connectivity index (χ0n) is 13.3. The van der Waals surface area contributed by atoms with Crippen LogP contribution in [0.4, 0.5) is 0 Å². The van der Waals surface area contributed by atoms with Crippen molar-refractivity contribution in [3.05, 3.63) is 0 Å². The van der Waals surface area contributed by atoms with Gasteiger partial charge in [-0.15, -0.1) is 24.8 Å². The van der Waals surface area contributed by atoms with Crippen LogP contribution in [0.5, 0.6) is 0 Å². The molecular formula is C15H31Cl2N3O. The van der Waals surface area contributed by atoms with E-state index < -0.39 is 0 Å². The summed E-state index contributed by atoms with van der Waals surface area (Å²) in [5.74, 6) is 0.940. The summed E-state index contributed by atoms with van der Waals surface area (Å²) in [5, 5.41) is 6.32. The maximum Gasteiger partial charge on any atom is 0.223 e. The Morgan fingerprint density at radius 3 is 2.62 bits per heavy atom. The summed E-state index contributed by atoms with van der Waals surface area (Å²) in [6.45, 7) is 9.56. The van der Waals surface area contributed by atoms with Crippen LogP contribution in [0.2, 0.25) is 0 Å². The van der Waals surface area contributed by atoms with Gasteiger partial charge in [-0.2, -0.15) is 0 Å². The standard InChI is InChI=1S/C15H29N3O.2ClH/c1-12-6-3-4-8-18(12)9-5-7-17-15(19)13(2)14-10-16-11-14;;/h12-14,16H,3-11H2,1-2H3,(H,17,19);2*1H. The van der Waals surface area contributed by atoms with E-state index in [4.69, 9.17) is 0 Å². The number of piperidine rings is 1. The fourth-order valence-corrected chi connectivity index (χ4v) is 3.02. The molecule has 126 valence electrons. The van der Waals surface area contributed by atoms with E-state index in [1.165, 1.54) is 25.8 Å². The summed E-state index contributed by atoms with van der Waals surface area (Å²) in [6, 6.07) is 0.726. The molecule has 0 bridgehead atoms. The number of likely N-dealkylation sites (tertiary alicyclic amines) is 1. The largest absolute Gasteiger partial charge is 0.356 e. The fourth-order valence-electron chi connectivity index (χ4n) is 3.02. The highest BCUT2D eigenvalue weighted by molar-refractivity contribution is 5.85. The van der Waals surface area contributed by atoms with Crippen molar-refractivity contribution in [2.75, 3.05) is 32.7 Å². The first-order valence-electron chi connectivity index (χ1n) is 7.91. The van der Waals surface area contributed by atoms with Crippen LogP contribution in [0, 0.1) is 11.8 Å². The normalized spacial score (nSPS) is 24.2. The Morgan fingerprint density at radius 1 is 1.33 bits per heavy atom. The van der Waals surface area contributed by atoms with E-state index in [9.17, 15) is 4.79 Å². The maximum absolute atomic E-state index is 11.9. The summed E-state index contributed by atoms with van der Waals surface area (Å²) in [6.07, 6.45) is 5.12. The van der Waals surface area contributed by atoms with Crippen molar-refractivity contribution in [2.45, 2.75) is 45.6 Å². The average Bonchev–Trinajstić information content (AvgIpc) is 2.34. The van der Waals surface area contributed by atoms with Crippen LogP contribution in [0.25, 0.3) is 0 Å². The molecule has 2 atom stereocenters. The monoisotopic (exact) mass is 339 g/mol. The highest BCUT2D eigenvalue weighted by Gasteiger charge is 2.28. The number of hydrogen-bond donors (Lipinski definition) is 2. The lowest BCUT2D eigenvalue weighted by molar-refractivity contribution is -0.126. The minimum atomic E-state index is 0. The molecule has 2 heterocycles. The molecule has 0 spiro atoms. The van der Waals surface area contributed by atoms with Gasteiger partial charge in [0, 0.05) is 25.0 Å². The summed E-state index contributed by atoms with van der Waals surface area (Å²) < 4.78 is 0. The van der Waals surface area contributed by atoms with E-state index in [1.807, 2.05) is 6.92 Å². The zero-order valence-corrected chi connectivity index (χ0v) is 14.9. The topological polar surface area (TPSA) is 44.4 Å². The highest BCUT2D eigenvalue weighted by atomic mass is 35.5. The van der Waals surface area contributed by atoms with Crippen molar-refractivity contribution in [2.24, 2.45) is 11.8 Å². The molecule has 0 aromatic carbocycles. The van der Waals surface area contributed by atoms with E-state index in [0.29, 0.717) is 5.92 Å². The number of hydrogen-bond acceptors (Lipinski definition) is 3. The molecule has 2 aliphatic rings. The predicted octanol–water partition coefficient (Wildman–Crippen LogP) is 2.07. The van der Waals surface area contributed by atoms with Crippen LogP contribution in [0.3, 0.4) is 0 Å². The van der Waals surface area contributed by atoms with Gasteiger partial charge < -0.3 is 15.5 Å². The van der Waals surface area contributed by atoms with Crippen molar-refractivity contribution < 1.29 is 4.79 Å². The van der Waals surface area contributed by atoms with E-state index in [0.717, 1.165) is 38.6 Å².